The predicted octanol–water partition coefficient (Wildman–Crippen LogP) is 3.07. The number of fused-ring (bicyclic) bond motifs is 1. The quantitative estimate of drug-likeness (QED) is 0.695. The largest absolute Gasteiger partial charge is 0.379 e. The highest BCUT2D eigenvalue weighted by molar-refractivity contribution is 4.89. The van der Waals surface area contributed by atoms with Gasteiger partial charge in [0.1, 0.15) is 0 Å². The van der Waals surface area contributed by atoms with Crippen molar-refractivity contribution in [2.75, 3.05) is 19.8 Å². The first-order valence-electron chi connectivity index (χ1n) is 7.68. The zero-order chi connectivity index (χ0) is 11.7. The lowest BCUT2D eigenvalue weighted by Gasteiger charge is -2.46. The Morgan fingerprint density at radius 1 is 1.00 bits per heavy atom. The van der Waals surface area contributed by atoms with Gasteiger partial charge < -0.3 is 4.74 Å². The molecule has 2 aliphatic carbocycles. The first kappa shape index (κ1) is 12.0. The van der Waals surface area contributed by atoms with Gasteiger partial charge in [0, 0.05) is 18.6 Å². The molecule has 0 bridgehead atoms. The van der Waals surface area contributed by atoms with Gasteiger partial charge in [0.05, 0.1) is 13.2 Å². The van der Waals surface area contributed by atoms with Crippen molar-refractivity contribution < 1.29 is 4.74 Å². The van der Waals surface area contributed by atoms with Crippen LogP contribution in [0.5, 0.6) is 0 Å². The molecule has 2 saturated carbocycles. The molecule has 2 heteroatoms. The Morgan fingerprint density at radius 3 is 2.65 bits per heavy atom. The Hall–Kier alpha value is -0.0800. The van der Waals surface area contributed by atoms with Crippen LogP contribution < -0.4 is 0 Å². The fourth-order valence-corrected chi connectivity index (χ4v) is 4.43. The molecule has 3 fully saturated rings. The van der Waals surface area contributed by atoms with Gasteiger partial charge in [-0.2, -0.15) is 0 Å². The summed E-state index contributed by atoms with van der Waals surface area (Å²) in [7, 11) is 0. The summed E-state index contributed by atoms with van der Waals surface area (Å²) in [5, 5.41) is 0. The van der Waals surface area contributed by atoms with Crippen LogP contribution >= 0.6 is 0 Å². The highest BCUT2D eigenvalue weighted by Gasteiger charge is 2.36. The molecule has 1 heterocycles. The molecular weight excluding hydrogens is 210 g/mol. The van der Waals surface area contributed by atoms with E-state index in [0.717, 1.165) is 31.1 Å². The second-order valence-corrected chi connectivity index (χ2v) is 6.43. The summed E-state index contributed by atoms with van der Waals surface area (Å²) >= 11 is 0. The van der Waals surface area contributed by atoms with E-state index >= 15 is 0 Å². The molecule has 0 spiro atoms. The summed E-state index contributed by atoms with van der Waals surface area (Å²) in [6, 6.07) is 1.52. The Morgan fingerprint density at radius 2 is 1.82 bits per heavy atom. The smallest absolute Gasteiger partial charge is 0.0619 e. The number of rotatable bonds is 1. The van der Waals surface area contributed by atoms with E-state index in [2.05, 4.69) is 11.8 Å². The minimum atomic E-state index is 0.647. The Kier molecular flexibility index (Phi) is 3.72. The summed E-state index contributed by atoms with van der Waals surface area (Å²) in [5.74, 6) is 2.13. The second kappa shape index (κ2) is 5.27. The lowest BCUT2D eigenvalue weighted by molar-refractivity contribution is -0.0422. The fourth-order valence-electron chi connectivity index (χ4n) is 4.43. The SMILES string of the molecule is CC1COCCN1C1CCC2CCCCC2C1. The minimum Gasteiger partial charge on any atom is -0.379 e. The Bertz CT molecular complexity index is 255. The van der Waals surface area contributed by atoms with Gasteiger partial charge in [-0.25, -0.2) is 0 Å². The van der Waals surface area contributed by atoms with Crippen LogP contribution in [-0.2, 0) is 4.74 Å². The second-order valence-electron chi connectivity index (χ2n) is 6.43. The summed E-state index contributed by atoms with van der Waals surface area (Å²) in [5.41, 5.74) is 0. The summed E-state index contributed by atoms with van der Waals surface area (Å²) < 4.78 is 5.57. The molecule has 0 N–H and O–H groups in total. The molecule has 98 valence electrons. The molecule has 0 radical (unpaired) electrons. The molecular formula is C15H27NO. The van der Waals surface area contributed by atoms with Gasteiger partial charge in [0.2, 0.25) is 0 Å². The van der Waals surface area contributed by atoms with Crippen molar-refractivity contribution in [3.05, 3.63) is 0 Å². The lowest BCUT2D eigenvalue weighted by Crippen LogP contribution is -2.51. The standard InChI is InChI=1S/C15H27NO/c1-12-11-17-9-8-16(12)15-7-6-13-4-2-3-5-14(13)10-15/h12-15H,2-11H2,1H3. The van der Waals surface area contributed by atoms with Crippen molar-refractivity contribution in [2.24, 2.45) is 11.8 Å². The van der Waals surface area contributed by atoms with Crippen molar-refractivity contribution in [3.63, 3.8) is 0 Å². The number of ether oxygens (including phenoxy) is 1. The monoisotopic (exact) mass is 237 g/mol. The van der Waals surface area contributed by atoms with E-state index in [0.29, 0.717) is 6.04 Å². The van der Waals surface area contributed by atoms with Gasteiger partial charge >= 0.3 is 0 Å². The van der Waals surface area contributed by atoms with Crippen LogP contribution in [0.2, 0.25) is 0 Å². The van der Waals surface area contributed by atoms with Crippen molar-refractivity contribution in [2.45, 2.75) is 64.0 Å². The van der Waals surface area contributed by atoms with Crippen LogP contribution in [0.15, 0.2) is 0 Å². The van der Waals surface area contributed by atoms with Crippen molar-refractivity contribution in [1.29, 1.82) is 0 Å². The topological polar surface area (TPSA) is 12.5 Å². The average molecular weight is 237 g/mol. The predicted molar refractivity (Wildman–Crippen MR) is 70.1 cm³/mol. The molecule has 0 aromatic rings. The molecule has 1 saturated heterocycles. The fraction of sp³-hybridized carbons (Fsp3) is 1.00. The first-order chi connectivity index (χ1) is 8.34. The molecule has 2 nitrogen and oxygen atoms in total. The molecule has 0 aromatic heterocycles. The van der Waals surface area contributed by atoms with Crippen LogP contribution in [0.4, 0.5) is 0 Å². The van der Waals surface area contributed by atoms with E-state index in [-0.39, 0.29) is 0 Å². The third-order valence-corrected chi connectivity index (χ3v) is 5.40. The van der Waals surface area contributed by atoms with Crippen molar-refractivity contribution in [3.8, 4) is 0 Å². The lowest BCUT2D eigenvalue weighted by atomic mass is 9.69. The van der Waals surface area contributed by atoms with Gasteiger partial charge in [-0.05, 0) is 38.0 Å². The molecule has 4 atom stereocenters. The molecule has 1 aliphatic heterocycles. The summed E-state index contributed by atoms with van der Waals surface area (Å²) in [4.78, 5) is 2.74. The number of hydrogen-bond acceptors (Lipinski definition) is 2. The van der Waals surface area contributed by atoms with Crippen LogP contribution in [0.25, 0.3) is 0 Å². The third kappa shape index (κ3) is 2.53. The molecule has 4 unspecified atom stereocenters. The van der Waals surface area contributed by atoms with Crippen molar-refractivity contribution in [1.82, 2.24) is 4.90 Å². The van der Waals surface area contributed by atoms with Crippen LogP contribution in [0, 0.1) is 11.8 Å². The summed E-state index contributed by atoms with van der Waals surface area (Å²) in [6.07, 6.45) is 10.5. The maximum Gasteiger partial charge on any atom is 0.0619 e. The highest BCUT2D eigenvalue weighted by atomic mass is 16.5. The number of hydrogen-bond donors (Lipinski definition) is 0. The molecule has 0 aromatic carbocycles. The van der Waals surface area contributed by atoms with Crippen molar-refractivity contribution >= 4 is 0 Å². The van der Waals surface area contributed by atoms with Gasteiger partial charge in [0.25, 0.3) is 0 Å². The minimum absolute atomic E-state index is 0.647. The van der Waals surface area contributed by atoms with E-state index in [9.17, 15) is 0 Å². The zero-order valence-corrected chi connectivity index (χ0v) is 11.2. The van der Waals surface area contributed by atoms with Crippen LogP contribution in [0.1, 0.15) is 51.9 Å². The van der Waals surface area contributed by atoms with Crippen LogP contribution in [0.3, 0.4) is 0 Å². The van der Waals surface area contributed by atoms with E-state index in [4.69, 9.17) is 4.74 Å². The average Bonchev–Trinajstić information content (AvgIpc) is 2.39. The Balaban J connectivity index is 1.60. The highest BCUT2D eigenvalue weighted by Crippen LogP contribution is 2.42. The van der Waals surface area contributed by atoms with Gasteiger partial charge in [-0.3, -0.25) is 4.90 Å². The molecule has 3 rings (SSSR count). The maximum absolute atomic E-state index is 5.57. The van der Waals surface area contributed by atoms with E-state index in [1.165, 1.54) is 51.5 Å². The number of nitrogens with zero attached hydrogens (tertiary/aromatic N) is 1. The van der Waals surface area contributed by atoms with E-state index < -0.39 is 0 Å². The Labute approximate surface area is 106 Å². The normalized spacial score (nSPS) is 44.3. The molecule has 3 aliphatic rings. The number of morpholine rings is 1. The molecule has 17 heavy (non-hydrogen) atoms. The van der Waals surface area contributed by atoms with Crippen LogP contribution in [-0.4, -0.2) is 36.7 Å². The van der Waals surface area contributed by atoms with E-state index in [1.54, 1.807) is 0 Å². The van der Waals surface area contributed by atoms with Gasteiger partial charge in [-0.15, -0.1) is 0 Å². The zero-order valence-electron chi connectivity index (χ0n) is 11.2. The van der Waals surface area contributed by atoms with Gasteiger partial charge in [0.15, 0.2) is 0 Å². The van der Waals surface area contributed by atoms with Gasteiger partial charge in [-0.1, -0.05) is 25.7 Å². The molecule has 0 amide bonds. The first-order valence-corrected chi connectivity index (χ1v) is 7.68. The third-order valence-electron chi connectivity index (χ3n) is 5.40. The maximum atomic E-state index is 5.57. The summed E-state index contributed by atoms with van der Waals surface area (Å²) in [6.45, 7) is 5.41. The van der Waals surface area contributed by atoms with E-state index in [1.807, 2.05) is 0 Å².